The summed E-state index contributed by atoms with van der Waals surface area (Å²) in [6, 6.07) is 3.51. The van der Waals surface area contributed by atoms with Crippen molar-refractivity contribution < 1.29 is 31.6 Å². The summed E-state index contributed by atoms with van der Waals surface area (Å²) in [5.74, 6) is 0. The van der Waals surface area contributed by atoms with Gasteiger partial charge in [0, 0.05) is 4.92 Å². The topological polar surface area (TPSA) is 97.5 Å². The lowest BCUT2D eigenvalue weighted by Gasteiger charge is -2.32. The molecule has 10 heteroatoms. The molecule has 1 aliphatic carbocycles. The first-order valence-electron chi connectivity index (χ1n) is 7.19. The van der Waals surface area contributed by atoms with E-state index in [9.17, 15) is 36.8 Å². The molecule has 1 N–H and O–H groups in total. The first kappa shape index (κ1) is 18.7. The molecular weight excluding hydrogens is 351 g/mol. The third-order valence-electron chi connectivity index (χ3n) is 4.22. The molecule has 0 bridgehead atoms. The van der Waals surface area contributed by atoms with Crippen molar-refractivity contribution in [3.63, 3.8) is 0 Å². The molecule has 0 spiro atoms. The van der Waals surface area contributed by atoms with Crippen LogP contribution in [0.25, 0.3) is 0 Å². The zero-order chi connectivity index (χ0) is 18.2. The lowest BCUT2D eigenvalue weighted by molar-refractivity contribution is -0.502. The van der Waals surface area contributed by atoms with Crippen LogP contribution >= 0.6 is 0 Å². The van der Waals surface area contributed by atoms with Crippen LogP contribution in [0.1, 0.15) is 31.2 Å². The maximum atomic E-state index is 12.7. The number of alkyl halides is 3. The van der Waals surface area contributed by atoms with Gasteiger partial charge in [-0.15, -0.1) is 0 Å². The molecule has 1 aliphatic rings. The van der Waals surface area contributed by atoms with E-state index in [-0.39, 0.29) is 25.7 Å². The Hall–Kier alpha value is -1.68. The van der Waals surface area contributed by atoms with Crippen molar-refractivity contribution in [2.24, 2.45) is 0 Å². The normalized spacial score (nSPS) is 25.4. The molecule has 0 aliphatic heterocycles. The molecule has 24 heavy (non-hydrogen) atoms. The van der Waals surface area contributed by atoms with Gasteiger partial charge in [-0.1, -0.05) is 6.07 Å². The number of nitrogens with zero attached hydrogens (tertiary/aromatic N) is 1. The smallest absolute Gasteiger partial charge is 0.383 e. The van der Waals surface area contributed by atoms with Crippen LogP contribution in [-0.2, 0) is 16.0 Å². The van der Waals surface area contributed by atoms with E-state index < -0.39 is 48.8 Å². The van der Waals surface area contributed by atoms with E-state index in [1.54, 1.807) is 0 Å². The van der Waals surface area contributed by atoms with Crippen molar-refractivity contribution in [2.75, 3.05) is 6.54 Å². The van der Waals surface area contributed by atoms with Crippen LogP contribution in [0.4, 0.5) is 13.2 Å². The van der Waals surface area contributed by atoms with Crippen LogP contribution in [0, 0.1) is 10.1 Å². The predicted molar refractivity (Wildman–Crippen MR) is 77.7 cm³/mol. The Bertz CT molecular complexity index is 724. The fraction of sp³-hybridized carbons (Fsp3) is 0.571. The number of nitro groups is 1. The van der Waals surface area contributed by atoms with Crippen molar-refractivity contribution in [1.82, 2.24) is 0 Å². The molecule has 0 atom stereocenters. The van der Waals surface area contributed by atoms with Crippen LogP contribution in [0.2, 0.25) is 0 Å². The SMILES string of the molecule is O=[N+]([O-])CC1(O)CCC(S(=O)(=O)c2cccc(C(F)(F)F)c2)CC1. The fourth-order valence-electron chi connectivity index (χ4n) is 2.88. The Morgan fingerprint density at radius 3 is 2.38 bits per heavy atom. The average Bonchev–Trinajstić information content (AvgIpc) is 2.45. The van der Waals surface area contributed by atoms with Gasteiger partial charge in [0.2, 0.25) is 6.54 Å². The van der Waals surface area contributed by atoms with Crippen molar-refractivity contribution in [1.29, 1.82) is 0 Å². The maximum Gasteiger partial charge on any atom is 0.416 e. The summed E-state index contributed by atoms with van der Waals surface area (Å²) in [5, 5.41) is 19.6. The largest absolute Gasteiger partial charge is 0.416 e. The van der Waals surface area contributed by atoms with E-state index >= 15 is 0 Å². The van der Waals surface area contributed by atoms with Crippen molar-refractivity contribution in [3.8, 4) is 0 Å². The summed E-state index contributed by atoms with van der Waals surface area (Å²) >= 11 is 0. The number of rotatable bonds is 4. The molecule has 0 heterocycles. The van der Waals surface area contributed by atoms with E-state index in [2.05, 4.69) is 0 Å². The van der Waals surface area contributed by atoms with Crippen LogP contribution in [0.5, 0.6) is 0 Å². The standard InChI is InChI=1S/C14H16F3NO5S/c15-14(16,17)10-2-1-3-12(8-10)24(22,23)11-4-6-13(19,7-5-11)9-18(20)21/h1-3,8,11,19H,4-7,9H2. The van der Waals surface area contributed by atoms with E-state index in [1.807, 2.05) is 0 Å². The molecule has 0 unspecified atom stereocenters. The van der Waals surface area contributed by atoms with Gasteiger partial charge < -0.3 is 5.11 Å². The fourth-order valence-corrected chi connectivity index (χ4v) is 4.68. The predicted octanol–water partition coefficient (Wildman–Crippen LogP) is 2.43. The Labute approximate surface area is 136 Å². The first-order chi connectivity index (χ1) is 10.9. The lowest BCUT2D eigenvalue weighted by Crippen LogP contribution is -2.43. The Balaban J connectivity index is 2.20. The van der Waals surface area contributed by atoms with E-state index in [0.29, 0.717) is 6.07 Å². The number of hydrogen-bond donors (Lipinski definition) is 1. The molecule has 1 fully saturated rings. The minimum absolute atomic E-state index is 0.0388. The lowest BCUT2D eigenvalue weighted by atomic mass is 9.85. The Morgan fingerprint density at radius 1 is 1.29 bits per heavy atom. The molecule has 134 valence electrons. The second-order valence-corrected chi connectivity index (χ2v) is 8.21. The van der Waals surface area contributed by atoms with Gasteiger partial charge in [0.15, 0.2) is 9.84 Å². The summed E-state index contributed by atoms with van der Waals surface area (Å²) in [4.78, 5) is 9.43. The molecule has 1 aromatic rings. The molecule has 0 radical (unpaired) electrons. The van der Waals surface area contributed by atoms with Crippen LogP contribution < -0.4 is 0 Å². The molecule has 2 rings (SSSR count). The highest BCUT2D eigenvalue weighted by Gasteiger charge is 2.42. The molecule has 0 saturated heterocycles. The van der Waals surface area contributed by atoms with Crippen LogP contribution in [0.3, 0.4) is 0 Å². The molecule has 1 saturated carbocycles. The summed E-state index contributed by atoms with van der Waals surface area (Å²) in [6.07, 6.45) is -4.90. The summed E-state index contributed by atoms with van der Waals surface area (Å²) < 4.78 is 63.2. The Morgan fingerprint density at radius 2 is 1.88 bits per heavy atom. The van der Waals surface area contributed by atoms with Gasteiger partial charge in [0.25, 0.3) is 0 Å². The van der Waals surface area contributed by atoms with Crippen molar-refractivity contribution in [2.45, 2.75) is 47.6 Å². The molecule has 1 aromatic carbocycles. The summed E-state index contributed by atoms with van der Waals surface area (Å²) in [5.41, 5.74) is -2.62. The monoisotopic (exact) mass is 367 g/mol. The molecular formula is C14H16F3NO5S. The maximum absolute atomic E-state index is 12.7. The van der Waals surface area contributed by atoms with Crippen LogP contribution in [-0.4, -0.2) is 35.8 Å². The highest BCUT2D eigenvalue weighted by atomic mass is 32.2. The third kappa shape index (κ3) is 4.04. The van der Waals surface area contributed by atoms with Gasteiger partial charge in [0.1, 0.15) is 5.60 Å². The third-order valence-corrected chi connectivity index (χ3v) is 6.48. The van der Waals surface area contributed by atoms with Gasteiger partial charge in [-0.05, 0) is 43.9 Å². The average molecular weight is 367 g/mol. The van der Waals surface area contributed by atoms with Crippen molar-refractivity contribution in [3.05, 3.63) is 39.9 Å². The van der Waals surface area contributed by atoms with Gasteiger partial charge in [-0.2, -0.15) is 13.2 Å². The minimum atomic E-state index is -4.65. The number of sulfone groups is 1. The minimum Gasteiger partial charge on any atom is -0.383 e. The zero-order valence-electron chi connectivity index (χ0n) is 12.5. The van der Waals surface area contributed by atoms with E-state index in [0.717, 1.165) is 18.2 Å². The number of hydrogen-bond acceptors (Lipinski definition) is 5. The van der Waals surface area contributed by atoms with Gasteiger partial charge in [-0.3, -0.25) is 10.1 Å². The molecule has 6 nitrogen and oxygen atoms in total. The zero-order valence-corrected chi connectivity index (χ0v) is 13.3. The highest BCUT2D eigenvalue weighted by molar-refractivity contribution is 7.92. The van der Waals surface area contributed by atoms with Crippen molar-refractivity contribution >= 4 is 9.84 Å². The van der Waals surface area contributed by atoms with E-state index in [4.69, 9.17) is 0 Å². The van der Waals surface area contributed by atoms with Crippen LogP contribution in [0.15, 0.2) is 29.2 Å². The van der Waals surface area contributed by atoms with E-state index in [1.165, 1.54) is 0 Å². The number of aliphatic hydroxyl groups is 1. The second-order valence-electron chi connectivity index (χ2n) is 5.99. The number of halogens is 3. The quantitative estimate of drug-likeness (QED) is 0.651. The van der Waals surface area contributed by atoms with Gasteiger partial charge in [0.05, 0.1) is 15.7 Å². The second kappa shape index (κ2) is 6.32. The molecule has 0 amide bonds. The first-order valence-corrected chi connectivity index (χ1v) is 8.74. The number of benzene rings is 1. The summed E-state index contributed by atoms with van der Waals surface area (Å²) in [6.45, 7) is -0.677. The Kier molecular flexibility index (Phi) is 4.91. The van der Waals surface area contributed by atoms with Gasteiger partial charge >= 0.3 is 6.18 Å². The highest BCUT2D eigenvalue weighted by Crippen LogP contribution is 2.36. The summed E-state index contributed by atoms with van der Waals surface area (Å²) in [7, 11) is -4.00. The van der Waals surface area contributed by atoms with Gasteiger partial charge in [-0.25, -0.2) is 8.42 Å². The molecule has 0 aromatic heterocycles.